The zero-order chi connectivity index (χ0) is 16.0. The van der Waals surface area contributed by atoms with E-state index in [1.54, 1.807) is 0 Å². The number of carbonyl (C=O) groups is 1. The van der Waals surface area contributed by atoms with Crippen LogP contribution in [-0.4, -0.2) is 56.0 Å². The number of methoxy groups -OCH3 is 2. The minimum Gasteiger partial charge on any atom is -0.497 e. The number of amides is 1. The average Bonchev–Trinajstić information content (AvgIpc) is 2.44. The molecule has 21 heavy (non-hydrogen) atoms. The molecule has 1 aromatic rings. The van der Waals surface area contributed by atoms with Gasteiger partial charge in [-0.2, -0.15) is 13.2 Å². The first-order valence-electron chi connectivity index (χ1n) is 6.00. The molecule has 0 atom stereocenters. The summed E-state index contributed by atoms with van der Waals surface area (Å²) in [7, 11) is 2.73. The molecule has 1 N–H and O–H groups in total. The van der Waals surface area contributed by atoms with E-state index in [9.17, 15) is 18.0 Å². The van der Waals surface area contributed by atoms with Gasteiger partial charge in [0.15, 0.2) is 0 Å². The number of hydrogen-bond donors (Lipinski definition) is 1. The number of hydrogen-bond acceptors (Lipinski definition) is 4. The Morgan fingerprint density at radius 2 is 1.71 bits per heavy atom. The van der Waals surface area contributed by atoms with Crippen molar-refractivity contribution in [2.75, 3.05) is 33.9 Å². The monoisotopic (exact) mass is 307 g/mol. The molecule has 0 heterocycles. The zero-order valence-corrected chi connectivity index (χ0v) is 11.6. The highest BCUT2D eigenvalue weighted by atomic mass is 19.4. The highest BCUT2D eigenvalue weighted by molar-refractivity contribution is 5.95. The van der Waals surface area contributed by atoms with Crippen LogP contribution in [0, 0.1) is 0 Å². The van der Waals surface area contributed by atoms with Crippen LogP contribution in [0.15, 0.2) is 18.2 Å². The molecule has 0 saturated heterocycles. The third-order valence-electron chi connectivity index (χ3n) is 2.63. The second-order valence-corrected chi connectivity index (χ2v) is 4.17. The number of benzene rings is 1. The third-order valence-corrected chi connectivity index (χ3v) is 2.63. The highest BCUT2D eigenvalue weighted by Gasteiger charge is 2.33. The number of halogens is 3. The number of aliphatic hydroxyl groups is 1. The lowest BCUT2D eigenvalue weighted by atomic mass is 10.1. The lowest BCUT2D eigenvalue weighted by Gasteiger charge is -2.23. The Bertz CT molecular complexity index is 469. The summed E-state index contributed by atoms with van der Waals surface area (Å²) in [5.41, 5.74) is -0.0103. The molecule has 0 aliphatic rings. The average molecular weight is 307 g/mol. The summed E-state index contributed by atoms with van der Waals surface area (Å²) >= 11 is 0. The molecule has 0 bridgehead atoms. The van der Waals surface area contributed by atoms with E-state index in [0.717, 1.165) is 0 Å². The number of ether oxygens (including phenoxy) is 2. The maximum atomic E-state index is 12.5. The van der Waals surface area contributed by atoms with Crippen LogP contribution in [0.2, 0.25) is 0 Å². The van der Waals surface area contributed by atoms with Gasteiger partial charge in [0.25, 0.3) is 5.91 Å². The van der Waals surface area contributed by atoms with Gasteiger partial charge >= 0.3 is 6.18 Å². The van der Waals surface area contributed by atoms with Gasteiger partial charge in [0.2, 0.25) is 0 Å². The molecule has 1 rings (SSSR count). The molecule has 8 heteroatoms. The van der Waals surface area contributed by atoms with Crippen LogP contribution in [0.25, 0.3) is 0 Å². The van der Waals surface area contributed by atoms with Gasteiger partial charge in [0.1, 0.15) is 18.0 Å². The second kappa shape index (κ2) is 7.16. The van der Waals surface area contributed by atoms with Gasteiger partial charge in [-0.3, -0.25) is 4.79 Å². The Balaban J connectivity index is 3.07. The van der Waals surface area contributed by atoms with Gasteiger partial charge in [0, 0.05) is 18.2 Å². The largest absolute Gasteiger partial charge is 0.497 e. The molecule has 5 nitrogen and oxygen atoms in total. The molecular weight excluding hydrogens is 291 g/mol. The lowest BCUT2D eigenvalue weighted by molar-refractivity contribution is -0.141. The quantitative estimate of drug-likeness (QED) is 0.869. The molecule has 0 aromatic heterocycles. The minimum absolute atomic E-state index is 0.0103. The topological polar surface area (TPSA) is 59.0 Å². The molecule has 0 spiro atoms. The summed E-state index contributed by atoms with van der Waals surface area (Å²) in [6, 6.07) is 4.12. The first kappa shape index (κ1) is 17.1. The van der Waals surface area contributed by atoms with E-state index in [1.165, 1.54) is 32.4 Å². The number of aliphatic hydroxyl groups excluding tert-OH is 1. The minimum atomic E-state index is -4.55. The molecule has 0 saturated carbocycles. The number of rotatable bonds is 6. The molecule has 1 aromatic carbocycles. The first-order valence-corrected chi connectivity index (χ1v) is 6.00. The van der Waals surface area contributed by atoms with Gasteiger partial charge < -0.3 is 19.5 Å². The standard InChI is InChI=1S/C13H16F3NO4/c1-20-10-5-9(6-11(7-10)21-2)12(19)17(3-4-18)8-13(14,15)16/h5-7,18H,3-4,8H2,1-2H3. The van der Waals surface area contributed by atoms with Crippen LogP contribution in [0.4, 0.5) is 13.2 Å². The highest BCUT2D eigenvalue weighted by Crippen LogP contribution is 2.24. The maximum Gasteiger partial charge on any atom is 0.406 e. The van der Waals surface area contributed by atoms with Crippen molar-refractivity contribution in [1.29, 1.82) is 0 Å². The Kier molecular flexibility index (Phi) is 5.83. The van der Waals surface area contributed by atoms with E-state index in [2.05, 4.69) is 0 Å². The van der Waals surface area contributed by atoms with E-state index in [-0.39, 0.29) is 17.1 Å². The second-order valence-electron chi connectivity index (χ2n) is 4.17. The Morgan fingerprint density at radius 3 is 2.10 bits per heavy atom. The smallest absolute Gasteiger partial charge is 0.406 e. The van der Waals surface area contributed by atoms with E-state index in [4.69, 9.17) is 14.6 Å². The summed E-state index contributed by atoms with van der Waals surface area (Å²) in [4.78, 5) is 12.7. The molecular formula is C13H16F3NO4. The van der Waals surface area contributed by atoms with Crippen molar-refractivity contribution in [2.24, 2.45) is 0 Å². The van der Waals surface area contributed by atoms with Crippen LogP contribution >= 0.6 is 0 Å². The van der Waals surface area contributed by atoms with E-state index >= 15 is 0 Å². The predicted octanol–water partition coefficient (Wildman–Crippen LogP) is 1.70. The fraction of sp³-hybridized carbons (Fsp3) is 0.462. The van der Waals surface area contributed by atoms with Crippen LogP contribution in [-0.2, 0) is 0 Å². The normalized spacial score (nSPS) is 11.1. The first-order chi connectivity index (χ1) is 9.80. The van der Waals surface area contributed by atoms with E-state index in [1.807, 2.05) is 0 Å². The van der Waals surface area contributed by atoms with Crippen LogP contribution in [0.3, 0.4) is 0 Å². The summed E-state index contributed by atoms with van der Waals surface area (Å²) in [6.45, 7) is -2.42. The number of carbonyl (C=O) groups excluding carboxylic acids is 1. The van der Waals surface area contributed by atoms with Crippen LogP contribution < -0.4 is 9.47 Å². The van der Waals surface area contributed by atoms with Gasteiger partial charge in [-0.1, -0.05) is 0 Å². The fourth-order valence-electron chi connectivity index (χ4n) is 1.70. The molecule has 0 fully saturated rings. The SMILES string of the molecule is COc1cc(OC)cc(C(=O)N(CCO)CC(F)(F)F)c1. The Hall–Kier alpha value is -1.96. The Labute approximate surface area is 119 Å². The molecule has 0 radical (unpaired) electrons. The van der Waals surface area contributed by atoms with Gasteiger partial charge in [-0.05, 0) is 12.1 Å². The maximum absolute atomic E-state index is 12.5. The number of alkyl halides is 3. The van der Waals surface area contributed by atoms with Crippen molar-refractivity contribution in [3.63, 3.8) is 0 Å². The molecule has 0 aliphatic carbocycles. The van der Waals surface area contributed by atoms with Crippen molar-refractivity contribution < 1.29 is 32.5 Å². The van der Waals surface area contributed by atoms with E-state index in [0.29, 0.717) is 4.90 Å². The van der Waals surface area contributed by atoms with Crippen molar-refractivity contribution in [3.8, 4) is 11.5 Å². The summed E-state index contributed by atoms with van der Waals surface area (Å²) < 4.78 is 47.3. The lowest BCUT2D eigenvalue weighted by Crippen LogP contribution is -2.40. The molecule has 0 aliphatic heterocycles. The third kappa shape index (κ3) is 5.14. The molecule has 118 valence electrons. The van der Waals surface area contributed by atoms with Crippen LogP contribution in [0.1, 0.15) is 10.4 Å². The summed E-state index contributed by atoms with van der Waals surface area (Å²) in [5.74, 6) is -0.291. The Morgan fingerprint density at radius 1 is 1.19 bits per heavy atom. The van der Waals surface area contributed by atoms with Crippen LogP contribution in [0.5, 0.6) is 11.5 Å². The molecule has 1 amide bonds. The fourth-order valence-corrected chi connectivity index (χ4v) is 1.70. The number of nitrogens with zero attached hydrogens (tertiary/aromatic N) is 1. The summed E-state index contributed by atoms with van der Waals surface area (Å²) in [5, 5.41) is 8.82. The van der Waals surface area contributed by atoms with Gasteiger partial charge in [0.05, 0.1) is 20.8 Å². The van der Waals surface area contributed by atoms with E-state index < -0.39 is 31.8 Å². The predicted molar refractivity (Wildman–Crippen MR) is 68.6 cm³/mol. The van der Waals surface area contributed by atoms with Crippen molar-refractivity contribution in [2.45, 2.75) is 6.18 Å². The van der Waals surface area contributed by atoms with Crippen molar-refractivity contribution >= 4 is 5.91 Å². The molecule has 0 unspecified atom stereocenters. The van der Waals surface area contributed by atoms with Crippen molar-refractivity contribution in [3.05, 3.63) is 23.8 Å². The van der Waals surface area contributed by atoms with Crippen molar-refractivity contribution in [1.82, 2.24) is 4.90 Å². The van der Waals surface area contributed by atoms with Gasteiger partial charge in [-0.25, -0.2) is 0 Å². The van der Waals surface area contributed by atoms with Gasteiger partial charge in [-0.15, -0.1) is 0 Å². The summed E-state index contributed by atoms with van der Waals surface area (Å²) in [6.07, 6.45) is -4.55. The zero-order valence-electron chi connectivity index (χ0n) is 11.6.